The highest BCUT2D eigenvalue weighted by molar-refractivity contribution is 6.42. The molecule has 0 amide bonds. The van der Waals surface area contributed by atoms with E-state index in [0.717, 1.165) is 37.2 Å². The van der Waals surface area contributed by atoms with E-state index >= 15 is 0 Å². The van der Waals surface area contributed by atoms with Gasteiger partial charge in [-0.15, -0.1) is 0 Å². The van der Waals surface area contributed by atoms with Crippen molar-refractivity contribution in [2.45, 2.75) is 19.1 Å². The van der Waals surface area contributed by atoms with Gasteiger partial charge in [0.2, 0.25) is 0 Å². The highest BCUT2D eigenvalue weighted by Gasteiger charge is 2.29. The molecule has 116 valence electrons. The Bertz CT molecular complexity index is 636. The van der Waals surface area contributed by atoms with Crippen molar-refractivity contribution in [3.05, 3.63) is 63.9 Å². The summed E-state index contributed by atoms with van der Waals surface area (Å²) in [6.07, 6.45) is 4.00. The van der Waals surface area contributed by atoms with E-state index in [1.165, 1.54) is 0 Å². The van der Waals surface area contributed by atoms with E-state index in [-0.39, 0.29) is 5.92 Å². The molecule has 1 aliphatic heterocycles. The molecule has 3 rings (SSSR count). The fraction of sp³-hybridized carbons (Fsp3) is 0.353. The number of aromatic nitrogens is 1. The summed E-state index contributed by atoms with van der Waals surface area (Å²) in [7, 11) is 0. The van der Waals surface area contributed by atoms with Gasteiger partial charge in [0.15, 0.2) is 0 Å². The zero-order chi connectivity index (χ0) is 15.5. The van der Waals surface area contributed by atoms with Crippen LogP contribution in [0.25, 0.3) is 0 Å². The predicted octanol–water partition coefficient (Wildman–Crippen LogP) is 3.94. The summed E-state index contributed by atoms with van der Waals surface area (Å²) in [5.74, 6) is 0.243. The van der Waals surface area contributed by atoms with Crippen molar-refractivity contribution in [3.63, 3.8) is 0 Å². The molecule has 2 aromatic rings. The number of benzene rings is 1. The van der Waals surface area contributed by atoms with Crippen LogP contribution in [-0.2, 0) is 6.54 Å². The molecule has 1 aliphatic rings. The standard InChI is InChI=1S/C17H18Cl2N2O/c18-15-4-3-12(8-16(15)19)10-21-7-5-14(11-21)17(22)13-2-1-6-20-9-13/h1-4,6,8-9,14,17,22H,5,7,10-11H2. The summed E-state index contributed by atoms with van der Waals surface area (Å²) in [4.78, 5) is 6.42. The van der Waals surface area contributed by atoms with Crippen molar-refractivity contribution in [3.8, 4) is 0 Å². The monoisotopic (exact) mass is 336 g/mol. The van der Waals surface area contributed by atoms with Gasteiger partial charge >= 0.3 is 0 Å². The molecule has 0 aliphatic carbocycles. The largest absolute Gasteiger partial charge is 0.388 e. The van der Waals surface area contributed by atoms with Crippen molar-refractivity contribution in [2.24, 2.45) is 5.92 Å². The maximum absolute atomic E-state index is 10.5. The SMILES string of the molecule is OC(c1cccnc1)C1CCN(Cc2ccc(Cl)c(Cl)c2)C1. The number of aliphatic hydroxyl groups is 1. The van der Waals surface area contributed by atoms with Crippen LogP contribution < -0.4 is 0 Å². The van der Waals surface area contributed by atoms with Crippen LogP contribution in [0.1, 0.15) is 23.7 Å². The van der Waals surface area contributed by atoms with E-state index in [9.17, 15) is 5.11 Å². The summed E-state index contributed by atoms with van der Waals surface area (Å²) in [6.45, 7) is 2.67. The fourth-order valence-corrected chi connectivity index (χ4v) is 3.30. The normalized spacial score (nSPS) is 20.2. The molecule has 5 heteroatoms. The topological polar surface area (TPSA) is 36.4 Å². The molecular weight excluding hydrogens is 319 g/mol. The maximum atomic E-state index is 10.5. The van der Waals surface area contributed by atoms with Crippen molar-refractivity contribution in [1.82, 2.24) is 9.88 Å². The Hall–Kier alpha value is -1.13. The number of pyridine rings is 1. The first-order valence-corrected chi connectivity index (χ1v) is 8.13. The average molecular weight is 337 g/mol. The Labute approximate surface area is 140 Å². The zero-order valence-electron chi connectivity index (χ0n) is 12.1. The smallest absolute Gasteiger partial charge is 0.0845 e. The Morgan fingerprint density at radius 1 is 1.27 bits per heavy atom. The molecule has 0 spiro atoms. The van der Waals surface area contributed by atoms with Gasteiger partial charge in [-0.1, -0.05) is 35.3 Å². The van der Waals surface area contributed by atoms with Crippen LogP contribution in [-0.4, -0.2) is 28.1 Å². The molecular formula is C17H18Cl2N2O. The first kappa shape index (κ1) is 15.8. The lowest BCUT2D eigenvalue weighted by Gasteiger charge is -2.20. The Kier molecular flexibility index (Phi) is 4.99. The van der Waals surface area contributed by atoms with Gasteiger partial charge in [-0.2, -0.15) is 0 Å². The van der Waals surface area contributed by atoms with Crippen molar-refractivity contribution < 1.29 is 5.11 Å². The summed E-state index contributed by atoms with van der Waals surface area (Å²) in [5, 5.41) is 11.6. The van der Waals surface area contributed by atoms with Crippen LogP contribution in [0.4, 0.5) is 0 Å². The second kappa shape index (κ2) is 6.97. The van der Waals surface area contributed by atoms with Crippen molar-refractivity contribution >= 4 is 23.2 Å². The highest BCUT2D eigenvalue weighted by atomic mass is 35.5. The molecule has 1 fully saturated rings. The van der Waals surface area contributed by atoms with E-state index in [0.29, 0.717) is 10.0 Å². The number of likely N-dealkylation sites (tertiary alicyclic amines) is 1. The van der Waals surface area contributed by atoms with Gasteiger partial charge in [-0.3, -0.25) is 9.88 Å². The molecule has 2 unspecified atom stereocenters. The summed E-state index contributed by atoms with van der Waals surface area (Å²) in [6, 6.07) is 9.53. The molecule has 3 nitrogen and oxygen atoms in total. The number of aliphatic hydroxyl groups excluding tert-OH is 1. The van der Waals surface area contributed by atoms with Crippen LogP contribution >= 0.6 is 23.2 Å². The van der Waals surface area contributed by atoms with Crippen LogP contribution in [0.15, 0.2) is 42.7 Å². The Balaban J connectivity index is 1.61. The first-order chi connectivity index (χ1) is 10.6. The summed E-state index contributed by atoms with van der Waals surface area (Å²) < 4.78 is 0. The zero-order valence-corrected chi connectivity index (χ0v) is 13.6. The third-order valence-corrected chi connectivity index (χ3v) is 4.91. The Morgan fingerprint density at radius 3 is 2.86 bits per heavy atom. The number of hydrogen-bond acceptors (Lipinski definition) is 3. The van der Waals surface area contributed by atoms with Gasteiger partial charge in [0, 0.05) is 31.4 Å². The number of halogens is 2. The predicted molar refractivity (Wildman–Crippen MR) is 89.0 cm³/mol. The van der Waals surface area contributed by atoms with E-state index in [1.54, 1.807) is 12.4 Å². The lowest BCUT2D eigenvalue weighted by atomic mass is 9.96. The van der Waals surface area contributed by atoms with Gasteiger partial charge in [0.1, 0.15) is 0 Å². The minimum atomic E-state index is -0.451. The summed E-state index contributed by atoms with van der Waals surface area (Å²) in [5.41, 5.74) is 2.04. The van der Waals surface area contributed by atoms with Crippen LogP contribution in [0.3, 0.4) is 0 Å². The maximum Gasteiger partial charge on any atom is 0.0845 e. The number of rotatable bonds is 4. The third-order valence-electron chi connectivity index (χ3n) is 4.17. The van der Waals surface area contributed by atoms with Crippen molar-refractivity contribution in [2.75, 3.05) is 13.1 Å². The molecule has 1 aromatic carbocycles. The van der Waals surface area contributed by atoms with Gasteiger partial charge in [-0.05, 0) is 42.3 Å². The molecule has 22 heavy (non-hydrogen) atoms. The van der Waals surface area contributed by atoms with E-state index in [1.807, 2.05) is 30.3 Å². The molecule has 0 saturated carbocycles. The molecule has 1 aromatic heterocycles. The number of nitrogens with zero attached hydrogens (tertiary/aromatic N) is 2. The number of hydrogen-bond donors (Lipinski definition) is 1. The molecule has 2 heterocycles. The lowest BCUT2D eigenvalue weighted by molar-refractivity contribution is 0.110. The van der Waals surface area contributed by atoms with E-state index < -0.39 is 6.10 Å². The molecule has 0 bridgehead atoms. The minimum absolute atomic E-state index is 0.243. The minimum Gasteiger partial charge on any atom is -0.388 e. The molecule has 1 N–H and O–H groups in total. The second-order valence-corrected chi connectivity index (χ2v) is 6.58. The molecule has 2 atom stereocenters. The van der Waals surface area contributed by atoms with Gasteiger partial charge in [0.05, 0.1) is 16.1 Å². The van der Waals surface area contributed by atoms with Gasteiger partial charge < -0.3 is 5.11 Å². The Morgan fingerprint density at radius 2 is 2.14 bits per heavy atom. The van der Waals surface area contributed by atoms with Crippen molar-refractivity contribution in [1.29, 1.82) is 0 Å². The highest BCUT2D eigenvalue weighted by Crippen LogP contribution is 2.31. The van der Waals surface area contributed by atoms with E-state index in [4.69, 9.17) is 23.2 Å². The average Bonchev–Trinajstić information content (AvgIpc) is 2.99. The first-order valence-electron chi connectivity index (χ1n) is 7.38. The van der Waals surface area contributed by atoms with Gasteiger partial charge in [0.25, 0.3) is 0 Å². The van der Waals surface area contributed by atoms with Crippen LogP contribution in [0.2, 0.25) is 10.0 Å². The third kappa shape index (κ3) is 3.61. The second-order valence-electron chi connectivity index (χ2n) is 5.76. The quantitative estimate of drug-likeness (QED) is 0.918. The van der Waals surface area contributed by atoms with Gasteiger partial charge in [-0.25, -0.2) is 0 Å². The van der Waals surface area contributed by atoms with E-state index in [2.05, 4.69) is 9.88 Å². The van der Waals surface area contributed by atoms with Crippen LogP contribution in [0.5, 0.6) is 0 Å². The summed E-state index contributed by atoms with van der Waals surface area (Å²) >= 11 is 12.0. The molecule has 0 radical (unpaired) electrons. The fourth-order valence-electron chi connectivity index (χ4n) is 2.98. The van der Waals surface area contributed by atoms with Crippen LogP contribution in [0, 0.1) is 5.92 Å². The molecule has 1 saturated heterocycles. The lowest BCUT2D eigenvalue weighted by Crippen LogP contribution is -2.22.